The molecule has 0 aromatic carbocycles. The summed E-state index contributed by atoms with van der Waals surface area (Å²) in [6, 6.07) is 0. The van der Waals surface area contributed by atoms with Crippen LogP contribution in [0, 0.1) is 0 Å². The van der Waals surface area contributed by atoms with Gasteiger partial charge >= 0.3 is 0 Å². The van der Waals surface area contributed by atoms with Crippen LogP contribution < -0.4 is 0 Å². The first kappa shape index (κ1) is 8.34. The van der Waals surface area contributed by atoms with E-state index in [1.807, 2.05) is 0 Å². The lowest BCUT2D eigenvalue weighted by Crippen LogP contribution is -1.90. The third-order valence-corrected chi connectivity index (χ3v) is 0.852. The maximum absolute atomic E-state index is 12.3. The molecule has 0 bridgehead atoms. The van der Waals surface area contributed by atoms with E-state index >= 15 is 0 Å². The molecule has 1 atom stereocenters. The van der Waals surface area contributed by atoms with Gasteiger partial charge in [0.05, 0.1) is 6.33 Å². The Bertz CT molecular complexity index is 105. The van der Waals surface area contributed by atoms with E-state index in [2.05, 4.69) is 0 Å². The van der Waals surface area contributed by atoms with E-state index in [-0.39, 0.29) is 6.42 Å². The lowest BCUT2D eigenvalue weighted by atomic mass is 10.2. The molecule has 52 valence electrons. The second kappa shape index (κ2) is 5.48. The Hall–Kier alpha value is -0.660. The van der Waals surface area contributed by atoms with Gasteiger partial charge < -0.3 is 0 Å². The van der Waals surface area contributed by atoms with Crippen molar-refractivity contribution >= 4 is 0 Å². The van der Waals surface area contributed by atoms with Gasteiger partial charge in [-0.05, 0) is 6.92 Å². The number of hydrogen-bond acceptors (Lipinski definition) is 0. The third-order valence-electron chi connectivity index (χ3n) is 0.852. The van der Waals surface area contributed by atoms with Crippen molar-refractivity contribution in [3.63, 3.8) is 0 Å². The molecule has 0 saturated heterocycles. The van der Waals surface area contributed by atoms with Gasteiger partial charge in [-0.2, -0.15) is 0 Å². The number of hydrogen-bond donors (Lipinski definition) is 0. The number of alkyl halides is 1. The number of rotatable bonds is 3. The van der Waals surface area contributed by atoms with E-state index in [1.54, 1.807) is 13.0 Å². The number of halogens is 2. The minimum Gasteiger partial charge on any atom is -0.243 e. The Morgan fingerprint density at radius 2 is 2.22 bits per heavy atom. The molecule has 0 N–H and O–H groups in total. The summed E-state index contributed by atoms with van der Waals surface area (Å²) in [5.41, 5.74) is 0. The topological polar surface area (TPSA) is 0 Å². The Morgan fingerprint density at radius 3 is 2.67 bits per heavy atom. The van der Waals surface area contributed by atoms with Crippen LogP contribution in [-0.4, -0.2) is 6.17 Å². The van der Waals surface area contributed by atoms with Crippen LogP contribution in [0.5, 0.6) is 0 Å². The quantitative estimate of drug-likeness (QED) is 0.518. The highest BCUT2D eigenvalue weighted by Crippen LogP contribution is 2.00. The molecule has 0 amide bonds. The minimum atomic E-state index is -1.04. The zero-order valence-corrected chi connectivity index (χ0v) is 5.35. The molecular weight excluding hydrogens is 122 g/mol. The molecule has 0 aromatic heterocycles. The van der Waals surface area contributed by atoms with Gasteiger partial charge in [-0.3, -0.25) is 0 Å². The highest BCUT2D eigenvalue weighted by molar-refractivity contribution is 4.90. The van der Waals surface area contributed by atoms with Crippen molar-refractivity contribution in [2.75, 3.05) is 0 Å². The first-order valence-corrected chi connectivity index (χ1v) is 2.83. The summed E-state index contributed by atoms with van der Waals surface area (Å²) in [5, 5.41) is 0. The maximum atomic E-state index is 12.3. The molecule has 0 aliphatic carbocycles. The van der Waals surface area contributed by atoms with Crippen LogP contribution in [0.15, 0.2) is 24.6 Å². The van der Waals surface area contributed by atoms with Gasteiger partial charge in [-0.1, -0.05) is 18.2 Å². The van der Waals surface area contributed by atoms with Crippen LogP contribution in [-0.2, 0) is 0 Å². The Morgan fingerprint density at radius 1 is 1.56 bits per heavy atom. The molecule has 0 saturated carbocycles. The summed E-state index contributed by atoms with van der Waals surface area (Å²) in [4.78, 5) is 0. The molecule has 0 rings (SSSR count). The summed E-state index contributed by atoms with van der Waals surface area (Å²) in [6.07, 6.45) is 3.60. The largest absolute Gasteiger partial charge is 0.243 e. The highest BCUT2D eigenvalue weighted by atomic mass is 19.1. The maximum Gasteiger partial charge on any atom is 0.122 e. The first-order valence-electron chi connectivity index (χ1n) is 2.83. The standard InChI is InChI=1S/C7H10F2/c1-2-4-7(9)5-3-6-8/h2-4,6-7H,5H2,1H3/b4-2-,6-3+. The van der Waals surface area contributed by atoms with Gasteiger partial charge in [-0.25, -0.2) is 8.78 Å². The average Bonchev–Trinajstić information content (AvgIpc) is 1.85. The van der Waals surface area contributed by atoms with Gasteiger partial charge in [0.15, 0.2) is 0 Å². The van der Waals surface area contributed by atoms with Crippen molar-refractivity contribution in [2.24, 2.45) is 0 Å². The molecule has 0 aliphatic rings. The lowest BCUT2D eigenvalue weighted by Gasteiger charge is -1.93. The van der Waals surface area contributed by atoms with Gasteiger partial charge in [-0.15, -0.1) is 0 Å². The van der Waals surface area contributed by atoms with Gasteiger partial charge in [0.2, 0.25) is 0 Å². The average molecular weight is 132 g/mol. The smallest absolute Gasteiger partial charge is 0.122 e. The predicted octanol–water partition coefficient (Wildman–Crippen LogP) is 2.77. The Balaban J connectivity index is 3.37. The molecule has 9 heavy (non-hydrogen) atoms. The summed E-state index contributed by atoms with van der Waals surface area (Å²) < 4.78 is 23.5. The molecular formula is C7H10F2. The zero-order chi connectivity index (χ0) is 7.11. The molecule has 0 spiro atoms. The van der Waals surface area contributed by atoms with E-state index in [4.69, 9.17) is 0 Å². The monoisotopic (exact) mass is 132 g/mol. The summed E-state index contributed by atoms with van der Waals surface area (Å²) in [6.45, 7) is 1.73. The van der Waals surface area contributed by atoms with E-state index < -0.39 is 6.17 Å². The van der Waals surface area contributed by atoms with Crippen molar-refractivity contribution in [1.82, 2.24) is 0 Å². The Labute approximate surface area is 53.9 Å². The fourth-order valence-electron chi connectivity index (χ4n) is 0.469. The molecule has 0 radical (unpaired) electrons. The van der Waals surface area contributed by atoms with Crippen molar-refractivity contribution in [1.29, 1.82) is 0 Å². The summed E-state index contributed by atoms with van der Waals surface area (Å²) >= 11 is 0. The molecule has 0 aliphatic heterocycles. The van der Waals surface area contributed by atoms with Crippen LogP contribution >= 0.6 is 0 Å². The van der Waals surface area contributed by atoms with E-state index in [0.717, 1.165) is 6.08 Å². The first-order chi connectivity index (χ1) is 4.31. The summed E-state index contributed by atoms with van der Waals surface area (Å²) in [7, 11) is 0. The van der Waals surface area contributed by atoms with E-state index in [9.17, 15) is 8.78 Å². The number of allylic oxidation sites excluding steroid dienone is 3. The van der Waals surface area contributed by atoms with Crippen LogP contribution in [0.1, 0.15) is 13.3 Å². The van der Waals surface area contributed by atoms with Crippen molar-refractivity contribution in [3.8, 4) is 0 Å². The second-order valence-corrected chi connectivity index (χ2v) is 1.64. The van der Waals surface area contributed by atoms with Crippen LogP contribution in [0.3, 0.4) is 0 Å². The Kier molecular flexibility index (Phi) is 5.07. The SMILES string of the molecule is C/C=C\C(F)C/C=C/F. The van der Waals surface area contributed by atoms with Crippen LogP contribution in [0.25, 0.3) is 0 Å². The third kappa shape index (κ3) is 5.21. The predicted molar refractivity (Wildman–Crippen MR) is 34.6 cm³/mol. The molecule has 0 aromatic rings. The molecule has 0 fully saturated rings. The minimum absolute atomic E-state index is 0.126. The van der Waals surface area contributed by atoms with Gasteiger partial charge in [0.25, 0.3) is 0 Å². The van der Waals surface area contributed by atoms with Crippen LogP contribution in [0.2, 0.25) is 0 Å². The fourth-order valence-corrected chi connectivity index (χ4v) is 0.469. The van der Waals surface area contributed by atoms with Crippen molar-refractivity contribution in [3.05, 3.63) is 24.6 Å². The molecule has 2 heteroatoms. The molecule has 1 unspecified atom stereocenters. The highest BCUT2D eigenvalue weighted by Gasteiger charge is 1.94. The molecule has 0 nitrogen and oxygen atoms in total. The molecule has 0 heterocycles. The lowest BCUT2D eigenvalue weighted by molar-refractivity contribution is 0.402. The zero-order valence-electron chi connectivity index (χ0n) is 5.35. The second-order valence-electron chi connectivity index (χ2n) is 1.64. The van der Waals surface area contributed by atoms with E-state index in [0.29, 0.717) is 6.33 Å². The van der Waals surface area contributed by atoms with Gasteiger partial charge in [0.1, 0.15) is 6.17 Å². The summed E-state index contributed by atoms with van der Waals surface area (Å²) in [5.74, 6) is 0. The van der Waals surface area contributed by atoms with Gasteiger partial charge in [0, 0.05) is 6.42 Å². The normalized spacial score (nSPS) is 15.4. The van der Waals surface area contributed by atoms with E-state index in [1.165, 1.54) is 6.08 Å². The van der Waals surface area contributed by atoms with Crippen molar-refractivity contribution < 1.29 is 8.78 Å². The van der Waals surface area contributed by atoms with Crippen molar-refractivity contribution in [2.45, 2.75) is 19.5 Å². The fraction of sp³-hybridized carbons (Fsp3) is 0.429. The van der Waals surface area contributed by atoms with Crippen LogP contribution in [0.4, 0.5) is 8.78 Å².